The topological polar surface area (TPSA) is 20.3 Å². The molecule has 2 heteroatoms. The Kier molecular flexibility index (Phi) is 5.09. The van der Waals surface area contributed by atoms with Crippen molar-refractivity contribution < 1.29 is 4.79 Å². The van der Waals surface area contributed by atoms with Gasteiger partial charge in [0.05, 0.1) is 0 Å². The van der Waals surface area contributed by atoms with Gasteiger partial charge >= 0.3 is 0 Å². The van der Waals surface area contributed by atoms with E-state index >= 15 is 0 Å². The Balaban J connectivity index is 4.15. The summed E-state index contributed by atoms with van der Waals surface area (Å²) in [5.74, 6) is 0.0416. The van der Waals surface area contributed by atoms with Crippen LogP contribution >= 0.6 is 0 Å². The summed E-state index contributed by atoms with van der Waals surface area (Å²) >= 11 is 0. The summed E-state index contributed by atoms with van der Waals surface area (Å²) in [4.78, 5) is 13.2. The molecule has 0 aliphatic heterocycles. The lowest BCUT2D eigenvalue weighted by atomic mass is 10.2. The van der Waals surface area contributed by atoms with Crippen molar-refractivity contribution in [2.45, 2.75) is 20.3 Å². The second-order valence-corrected chi connectivity index (χ2v) is 2.57. The van der Waals surface area contributed by atoms with E-state index in [1.165, 1.54) is 0 Å². The van der Waals surface area contributed by atoms with Crippen LogP contribution in [0.3, 0.4) is 0 Å². The Bertz CT molecular complexity index is 180. The molecule has 2 nitrogen and oxygen atoms in total. The Labute approximate surface area is 74.6 Å². The van der Waals surface area contributed by atoms with Crippen molar-refractivity contribution in [3.63, 3.8) is 0 Å². The average molecular weight is 167 g/mol. The molecule has 1 amide bonds. The van der Waals surface area contributed by atoms with Crippen LogP contribution in [0.4, 0.5) is 0 Å². The number of amides is 1. The van der Waals surface area contributed by atoms with Crippen LogP contribution in [-0.4, -0.2) is 23.9 Å². The summed E-state index contributed by atoms with van der Waals surface area (Å²) in [6.45, 7) is 12.7. The first-order valence-corrected chi connectivity index (χ1v) is 4.25. The molecule has 68 valence electrons. The van der Waals surface area contributed by atoms with Crippen LogP contribution in [0.2, 0.25) is 0 Å². The van der Waals surface area contributed by atoms with Gasteiger partial charge in [-0.25, -0.2) is 0 Å². The predicted molar refractivity (Wildman–Crippen MR) is 51.9 cm³/mol. The summed E-state index contributed by atoms with van der Waals surface area (Å²) in [5.41, 5.74) is 0.619. The maximum absolute atomic E-state index is 11.5. The van der Waals surface area contributed by atoms with E-state index in [0.717, 1.165) is 13.1 Å². The molecule has 0 aliphatic rings. The van der Waals surface area contributed by atoms with E-state index in [4.69, 9.17) is 0 Å². The van der Waals surface area contributed by atoms with Gasteiger partial charge in [0.25, 0.3) is 0 Å². The second kappa shape index (κ2) is 5.58. The number of nitrogens with zero attached hydrogens (tertiary/aromatic N) is 1. The molecule has 0 bridgehead atoms. The lowest BCUT2D eigenvalue weighted by molar-refractivity contribution is -0.126. The molecule has 0 saturated carbocycles. The zero-order valence-electron chi connectivity index (χ0n) is 7.97. The van der Waals surface area contributed by atoms with Crippen molar-refractivity contribution in [3.05, 3.63) is 24.8 Å². The molecule has 0 saturated heterocycles. The SMILES string of the molecule is C=CCC(=C)C(=O)N(CC)CC. The highest BCUT2D eigenvalue weighted by molar-refractivity contribution is 5.92. The molecule has 12 heavy (non-hydrogen) atoms. The molecule has 0 N–H and O–H groups in total. The molecule has 0 fully saturated rings. The molecule has 0 aromatic heterocycles. The summed E-state index contributed by atoms with van der Waals surface area (Å²) in [5, 5.41) is 0. The Morgan fingerprint density at radius 1 is 1.42 bits per heavy atom. The molecule has 0 aromatic carbocycles. The summed E-state index contributed by atoms with van der Waals surface area (Å²) in [6.07, 6.45) is 2.28. The lowest BCUT2D eigenvalue weighted by Crippen LogP contribution is -2.31. The number of rotatable bonds is 5. The smallest absolute Gasteiger partial charge is 0.249 e. The van der Waals surface area contributed by atoms with E-state index in [1.807, 2.05) is 13.8 Å². The van der Waals surface area contributed by atoms with Crippen LogP contribution in [0.5, 0.6) is 0 Å². The highest BCUT2D eigenvalue weighted by atomic mass is 16.2. The van der Waals surface area contributed by atoms with Gasteiger partial charge in [0.1, 0.15) is 0 Å². The number of allylic oxidation sites excluding steroid dienone is 1. The third-order valence-electron chi connectivity index (χ3n) is 1.74. The monoisotopic (exact) mass is 167 g/mol. The fraction of sp³-hybridized carbons (Fsp3) is 0.500. The van der Waals surface area contributed by atoms with E-state index in [9.17, 15) is 4.79 Å². The molecule has 0 unspecified atom stereocenters. The van der Waals surface area contributed by atoms with Crippen LogP contribution in [0.25, 0.3) is 0 Å². The highest BCUT2D eigenvalue weighted by Gasteiger charge is 2.11. The first-order chi connectivity index (χ1) is 5.67. The van der Waals surface area contributed by atoms with Crippen molar-refractivity contribution in [3.8, 4) is 0 Å². The minimum Gasteiger partial charge on any atom is -0.339 e. The van der Waals surface area contributed by atoms with Crippen molar-refractivity contribution in [2.24, 2.45) is 0 Å². The lowest BCUT2D eigenvalue weighted by Gasteiger charge is -2.19. The number of carbonyl (C=O) groups excluding carboxylic acids is 1. The number of hydrogen-bond acceptors (Lipinski definition) is 1. The maximum atomic E-state index is 11.5. The van der Waals surface area contributed by atoms with E-state index in [1.54, 1.807) is 11.0 Å². The third-order valence-corrected chi connectivity index (χ3v) is 1.74. The summed E-state index contributed by atoms with van der Waals surface area (Å²) in [6, 6.07) is 0. The Hall–Kier alpha value is -1.05. The minimum atomic E-state index is 0.0416. The van der Waals surface area contributed by atoms with Crippen LogP contribution in [-0.2, 0) is 4.79 Å². The molecular formula is C10H17NO. The first kappa shape index (κ1) is 11.0. The molecule has 0 atom stereocenters. The zero-order valence-corrected chi connectivity index (χ0v) is 7.97. The van der Waals surface area contributed by atoms with Gasteiger partial charge in [0.15, 0.2) is 0 Å². The van der Waals surface area contributed by atoms with E-state index < -0.39 is 0 Å². The highest BCUT2D eigenvalue weighted by Crippen LogP contribution is 2.04. The van der Waals surface area contributed by atoms with Crippen LogP contribution in [0.1, 0.15) is 20.3 Å². The molecular weight excluding hydrogens is 150 g/mol. The summed E-state index contributed by atoms with van der Waals surface area (Å²) in [7, 11) is 0. The van der Waals surface area contributed by atoms with Gasteiger partial charge in [-0.05, 0) is 20.3 Å². The second-order valence-electron chi connectivity index (χ2n) is 2.57. The average Bonchev–Trinajstić information content (AvgIpc) is 2.07. The van der Waals surface area contributed by atoms with Gasteiger partial charge in [-0.15, -0.1) is 6.58 Å². The first-order valence-electron chi connectivity index (χ1n) is 4.25. The molecule has 0 aromatic rings. The summed E-state index contributed by atoms with van der Waals surface area (Å²) < 4.78 is 0. The van der Waals surface area contributed by atoms with Gasteiger partial charge in [-0.2, -0.15) is 0 Å². The maximum Gasteiger partial charge on any atom is 0.249 e. The fourth-order valence-corrected chi connectivity index (χ4v) is 0.996. The minimum absolute atomic E-state index is 0.0416. The van der Waals surface area contributed by atoms with Gasteiger partial charge < -0.3 is 4.90 Å². The van der Waals surface area contributed by atoms with E-state index in [2.05, 4.69) is 13.2 Å². The fourth-order valence-electron chi connectivity index (χ4n) is 0.996. The van der Waals surface area contributed by atoms with Crippen molar-refractivity contribution in [2.75, 3.05) is 13.1 Å². The number of likely N-dealkylation sites (N-methyl/N-ethyl adjacent to an activating group) is 1. The zero-order chi connectivity index (χ0) is 9.56. The number of carbonyl (C=O) groups is 1. The van der Waals surface area contributed by atoms with Crippen molar-refractivity contribution in [1.82, 2.24) is 4.90 Å². The largest absolute Gasteiger partial charge is 0.339 e. The standard InChI is InChI=1S/C10H17NO/c1-5-8-9(4)10(12)11(6-2)7-3/h5H,1,4,6-8H2,2-3H3. The molecule has 0 heterocycles. The van der Waals surface area contributed by atoms with Crippen LogP contribution in [0.15, 0.2) is 24.8 Å². The number of hydrogen-bond donors (Lipinski definition) is 0. The van der Waals surface area contributed by atoms with Crippen molar-refractivity contribution >= 4 is 5.91 Å². The molecule has 0 aliphatic carbocycles. The van der Waals surface area contributed by atoms with Crippen LogP contribution in [0, 0.1) is 0 Å². The van der Waals surface area contributed by atoms with Crippen LogP contribution < -0.4 is 0 Å². The van der Waals surface area contributed by atoms with E-state index in [-0.39, 0.29) is 5.91 Å². The van der Waals surface area contributed by atoms with Crippen molar-refractivity contribution in [1.29, 1.82) is 0 Å². The third kappa shape index (κ3) is 2.91. The van der Waals surface area contributed by atoms with Gasteiger partial charge in [0.2, 0.25) is 5.91 Å². The van der Waals surface area contributed by atoms with E-state index in [0.29, 0.717) is 12.0 Å². The van der Waals surface area contributed by atoms with Gasteiger partial charge in [-0.3, -0.25) is 4.79 Å². The Morgan fingerprint density at radius 3 is 2.25 bits per heavy atom. The normalized spacial score (nSPS) is 9.17. The van der Waals surface area contributed by atoms with Gasteiger partial charge in [0, 0.05) is 18.7 Å². The van der Waals surface area contributed by atoms with Gasteiger partial charge in [-0.1, -0.05) is 12.7 Å². The molecule has 0 rings (SSSR count). The predicted octanol–water partition coefficient (Wildman–Crippen LogP) is 1.99. The molecule has 0 spiro atoms. The Morgan fingerprint density at radius 2 is 1.92 bits per heavy atom. The quantitative estimate of drug-likeness (QED) is 0.453. The molecule has 0 radical (unpaired) electrons.